The van der Waals surface area contributed by atoms with Gasteiger partial charge in [0.25, 0.3) is 5.91 Å². The lowest BCUT2D eigenvalue weighted by molar-refractivity contribution is -0.141. The molecule has 21 heavy (non-hydrogen) atoms. The maximum absolute atomic E-state index is 12.5. The molecule has 1 aromatic rings. The number of aryl methyl sites for hydroxylation is 1. The van der Waals surface area contributed by atoms with Crippen LogP contribution in [-0.4, -0.2) is 52.2 Å². The molecule has 0 saturated carbocycles. The first-order valence-electron chi connectivity index (χ1n) is 7.15. The van der Waals surface area contributed by atoms with Gasteiger partial charge >= 0.3 is 5.97 Å². The van der Waals surface area contributed by atoms with Gasteiger partial charge in [-0.3, -0.25) is 4.79 Å². The van der Waals surface area contributed by atoms with E-state index in [4.69, 9.17) is 0 Å². The van der Waals surface area contributed by atoms with E-state index in [0.29, 0.717) is 5.56 Å². The van der Waals surface area contributed by atoms with Gasteiger partial charge in [-0.25, -0.2) is 4.79 Å². The number of amides is 1. The van der Waals surface area contributed by atoms with Gasteiger partial charge in [0.2, 0.25) is 0 Å². The number of carboxylic acid groups (broad SMARTS) is 1. The summed E-state index contributed by atoms with van der Waals surface area (Å²) < 4.78 is 0. The fourth-order valence-corrected chi connectivity index (χ4v) is 3.05. The van der Waals surface area contributed by atoms with Crippen molar-refractivity contribution in [3.8, 4) is 0 Å². The van der Waals surface area contributed by atoms with Crippen molar-refractivity contribution in [2.45, 2.75) is 31.4 Å². The van der Waals surface area contributed by atoms with Crippen LogP contribution >= 0.6 is 0 Å². The Hall–Kier alpha value is -2.08. The summed E-state index contributed by atoms with van der Waals surface area (Å²) in [4.78, 5) is 25.0. The lowest BCUT2D eigenvalue weighted by Gasteiger charge is -2.23. The Bertz CT molecular complexity index is 587. The fourth-order valence-electron chi connectivity index (χ4n) is 3.05. The van der Waals surface area contributed by atoms with Crippen LogP contribution in [0.5, 0.6) is 0 Å². The van der Waals surface area contributed by atoms with E-state index in [2.05, 4.69) is 5.32 Å². The maximum atomic E-state index is 12.5. The third-order valence-electron chi connectivity index (χ3n) is 4.12. The van der Waals surface area contributed by atoms with Gasteiger partial charge in [0.15, 0.2) is 0 Å². The number of likely N-dealkylation sites (tertiary alicyclic amines) is 1. The third-order valence-corrected chi connectivity index (χ3v) is 4.12. The SMILES string of the molecule is O=C(O)[C@@H]1C[C@H](O)CN1C(=O)c1ccc2c(c1)CCCN2. The van der Waals surface area contributed by atoms with Crippen molar-refractivity contribution in [3.05, 3.63) is 29.3 Å². The van der Waals surface area contributed by atoms with E-state index in [1.54, 1.807) is 6.07 Å². The van der Waals surface area contributed by atoms with E-state index in [-0.39, 0.29) is 18.9 Å². The molecule has 0 bridgehead atoms. The van der Waals surface area contributed by atoms with Gasteiger partial charge in [-0.2, -0.15) is 0 Å². The summed E-state index contributed by atoms with van der Waals surface area (Å²) in [7, 11) is 0. The van der Waals surface area contributed by atoms with E-state index in [9.17, 15) is 19.8 Å². The number of aliphatic hydroxyl groups is 1. The lowest BCUT2D eigenvalue weighted by atomic mass is 10.00. The highest BCUT2D eigenvalue weighted by Crippen LogP contribution is 2.26. The van der Waals surface area contributed by atoms with Gasteiger partial charge in [0.1, 0.15) is 6.04 Å². The summed E-state index contributed by atoms with van der Waals surface area (Å²) >= 11 is 0. The molecule has 2 atom stereocenters. The lowest BCUT2D eigenvalue weighted by Crippen LogP contribution is -2.40. The first-order chi connectivity index (χ1) is 10.1. The number of rotatable bonds is 2. The molecule has 3 rings (SSSR count). The number of β-amino-alcohol motifs (C(OH)–C–C–N with tert-alkyl or cyclic N) is 1. The van der Waals surface area contributed by atoms with Crippen molar-refractivity contribution < 1.29 is 19.8 Å². The second-order valence-corrected chi connectivity index (χ2v) is 5.60. The van der Waals surface area contributed by atoms with E-state index in [1.165, 1.54) is 4.90 Å². The fraction of sp³-hybridized carbons (Fsp3) is 0.467. The highest BCUT2D eigenvalue weighted by atomic mass is 16.4. The smallest absolute Gasteiger partial charge is 0.326 e. The number of carbonyl (C=O) groups is 2. The molecule has 2 aliphatic rings. The molecule has 0 aromatic heterocycles. The molecular weight excluding hydrogens is 272 g/mol. The van der Waals surface area contributed by atoms with Crippen LogP contribution in [0.4, 0.5) is 5.69 Å². The molecule has 0 unspecified atom stereocenters. The molecular formula is C15H18N2O4. The Morgan fingerprint density at radius 1 is 1.33 bits per heavy atom. The Morgan fingerprint density at radius 3 is 2.90 bits per heavy atom. The topological polar surface area (TPSA) is 89.9 Å². The van der Waals surface area contributed by atoms with Crippen molar-refractivity contribution in [1.29, 1.82) is 0 Å². The van der Waals surface area contributed by atoms with Crippen LogP contribution in [0.1, 0.15) is 28.8 Å². The summed E-state index contributed by atoms with van der Waals surface area (Å²) in [5, 5.41) is 22.1. The molecule has 1 amide bonds. The minimum atomic E-state index is -1.07. The largest absolute Gasteiger partial charge is 0.480 e. The number of hydrogen-bond donors (Lipinski definition) is 3. The molecule has 3 N–H and O–H groups in total. The summed E-state index contributed by atoms with van der Waals surface area (Å²) in [6, 6.07) is 4.46. The normalized spacial score (nSPS) is 24.3. The van der Waals surface area contributed by atoms with Crippen molar-refractivity contribution in [2.24, 2.45) is 0 Å². The highest BCUT2D eigenvalue weighted by molar-refractivity contribution is 5.97. The molecule has 1 aromatic carbocycles. The summed E-state index contributed by atoms with van der Waals surface area (Å²) in [5.74, 6) is -1.40. The number of aliphatic carboxylic acids is 1. The summed E-state index contributed by atoms with van der Waals surface area (Å²) in [6.07, 6.45) is 1.25. The zero-order chi connectivity index (χ0) is 15.0. The molecule has 6 nitrogen and oxygen atoms in total. The van der Waals surface area contributed by atoms with Gasteiger partial charge in [-0.15, -0.1) is 0 Å². The van der Waals surface area contributed by atoms with Crippen molar-refractivity contribution in [2.75, 3.05) is 18.4 Å². The number of hydrogen-bond acceptors (Lipinski definition) is 4. The van der Waals surface area contributed by atoms with Crippen molar-refractivity contribution >= 4 is 17.6 Å². The number of nitrogens with one attached hydrogen (secondary N) is 1. The summed E-state index contributed by atoms with van der Waals surface area (Å²) in [6.45, 7) is 1.00. The van der Waals surface area contributed by atoms with Gasteiger partial charge in [0, 0.05) is 30.8 Å². The molecule has 0 radical (unpaired) electrons. The number of anilines is 1. The van der Waals surface area contributed by atoms with Gasteiger partial charge in [-0.1, -0.05) is 0 Å². The van der Waals surface area contributed by atoms with E-state index >= 15 is 0 Å². The van der Waals surface area contributed by atoms with E-state index in [1.807, 2.05) is 12.1 Å². The number of nitrogens with zero attached hydrogens (tertiary/aromatic N) is 1. The quantitative estimate of drug-likeness (QED) is 0.746. The van der Waals surface area contributed by atoms with Crippen molar-refractivity contribution in [1.82, 2.24) is 4.90 Å². The Labute approximate surface area is 122 Å². The number of aliphatic hydroxyl groups excluding tert-OH is 1. The molecule has 6 heteroatoms. The van der Waals surface area contributed by atoms with E-state index < -0.39 is 18.1 Å². The zero-order valence-electron chi connectivity index (χ0n) is 11.6. The van der Waals surface area contributed by atoms with Gasteiger partial charge in [-0.05, 0) is 36.6 Å². The zero-order valence-corrected chi connectivity index (χ0v) is 11.6. The van der Waals surface area contributed by atoms with Crippen LogP contribution in [0.2, 0.25) is 0 Å². The van der Waals surface area contributed by atoms with Gasteiger partial charge < -0.3 is 20.4 Å². The first kappa shape index (κ1) is 13.9. The molecule has 2 heterocycles. The number of fused-ring (bicyclic) bond motifs is 1. The van der Waals surface area contributed by atoms with Gasteiger partial charge in [0.05, 0.1) is 6.10 Å². The number of carbonyl (C=O) groups excluding carboxylic acids is 1. The van der Waals surface area contributed by atoms with Crippen LogP contribution in [0.15, 0.2) is 18.2 Å². The minimum absolute atomic E-state index is 0.0745. The minimum Gasteiger partial charge on any atom is -0.480 e. The molecule has 0 spiro atoms. The number of benzene rings is 1. The predicted molar refractivity (Wildman–Crippen MR) is 76.3 cm³/mol. The molecule has 112 valence electrons. The molecule has 1 saturated heterocycles. The van der Waals surface area contributed by atoms with Crippen LogP contribution in [0.3, 0.4) is 0 Å². The van der Waals surface area contributed by atoms with Crippen LogP contribution < -0.4 is 5.32 Å². The Morgan fingerprint density at radius 2 is 2.14 bits per heavy atom. The standard InChI is InChI=1S/C15H18N2O4/c18-11-7-13(15(20)21)17(8-11)14(19)10-3-4-12-9(6-10)2-1-5-16-12/h3-4,6,11,13,16,18H,1-2,5,7-8H2,(H,20,21)/t11-,13-/m0/s1. The Kier molecular flexibility index (Phi) is 3.55. The van der Waals surface area contributed by atoms with Crippen LogP contribution in [0, 0.1) is 0 Å². The molecule has 1 fully saturated rings. The highest BCUT2D eigenvalue weighted by Gasteiger charge is 2.39. The van der Waals surface area contributed by atoms with E-state index in [0.717, 1.165) is 30.6 Å². The average molecular weight is 290 g/mol. The maximum Gasteiger partial charge on any atom is 0.326 e. The predicted octanol–water partition coefficient (Wildman–Crippen LogP) is 0.705. The Balaban J connectivity index is 1.86. The molecule has 2 aliphatic heterocycles. The second-order valence-electron chi connectivity index (χ2n) is 5.60. The average Bonchev–Trinajstić information content (AvgIpc) is 2.88. The summed E-state index contributed by atoms with van der Waals surface area (Å²) in [5.41, 5.74) is 2.60. The third kappa shape index (κ3) is 2.58. The van der Waals surface area contributed by atoms with Crippen molar-refractivity contribution in [3.63, 3.8) is 0 Å². The molecule has 0 aliphatic carbocycles. The monoisotopic (exact) mass is 290 g/mol. The first-order valence-corrected chi connectivity index (χ1v) is 7.15. The second kappa shape index (κ2) is 5.37. The van der Waals surface area contributed by atoms with Crippen LogP contribution in [-0.2, 0) is 11.2 Å². The van der Waals surface area contributed by atoms with Crippen LogP contribution in [0.25, 0.3) is 0 Å². The number of carboxylic acids is 1.